The third kappa shape index (κ3) is 5.36. The Hall–Kier alpha value is -3.50. The van der Waals surface area contributed by atoms with Crippen molar-refractivity contribution in [1.29, 1.82) is 0 Å². The van der Waals surface area contributed by atoms with E-state index in [0.717, 1.165) is 12.1 Å². The first kappa shape index (κ1) is 22.2. The van der Waals surface area contributed by atoms with Crippen LogP contribution in [0, 0.1) is 10.1 Å². The third-order valence-corrected chi connectivity index (χ3v) is 4.88. The highest BCUT2D eigenvalue weighted by molar-refractivity contribution is 5.78. The number of alkyl halides is 3. The summed E-state index contributed by atoms with van der Waals surface area (Å²) in [4.78, 5) is 26.1. The maximum Gasteiger partial charge on any atom is 0.416 e. The molecule has 0 radical (unpaired) electrons. The van der Waals surface area contributed by atoms with E-state index in [4.69, 9.17) is 9.47 Å². The molecule has 0 aromatic heterocycles. The van der Waals surface area contributed by atoms with E-state index in [1.165, 1.54) is 36.3 Å². The predicted octanol–water partition coefficient (Wildman–Crippen LogP) is 3.35. The first-order valence-electron chi connectivity index (χ1n) is 9.34. The van der Waals surface area contributed by atoms with Gasteiger partial charge in [-0.15, -0.1) is 0 Å². The zero-order chi connectivity index (χ0) is 22.6. The molecule has 1 aliphatic heterocycles. The van der Waals surface area contributed by atoms with Crippen LogP contribution in [-0.4, -0.2) is 55.6 Å². The molecule has 0 spiro atoms. The molecule has 0 unspecified atom stereocenters. The Labute approximate surface area is 175 Å². The minimum Gasteiger partial charge on any atom is -0.493 e. The van der Waals surface area contributed by atoms with Crippen LogP contribution in [0.25, 0.3) is 0 Å². The highest BCUT2D eigenvalue weighted by Gasteiger charge is 2.31. The lowest BCUT2D eigenvalue weighted by Crippen LogP contribution is -2.50. The molecule has 0 saturated carbocycles. The molecule has 11 heteroatoms. The molecule has 8 nitrogen and oxygen atoms in total. The van der Waals surface area contributed by atoms with E-state index < -0.39 is 16.7 Å². The summed E-state index contributed by atoms with van der Waals surface area (Å²) in [5, 5.41) is 10.9. The van der Waals surface area contributed by atoms with E-state index in [1.807, 2.05) is 0 Å². The summed E-state index contributed by atoms with van der Waals surface area (Å²) < 4.78 is 49.3. The van der Waals surface area contributed by atoms with Crippen molar-refractivity contribution in [3.05, 3.63) is 58.1 Å². The Balaban J connectivity index is 1.58. The van der Waals surface area contributed by atoms with Gasteiger partial charge in [0.15, 0.2) is 18.1 Å². The number of piperazine rings is 1. The van der Waals surface area contributed by atoms with Crippen LogP contribution >= 0.6 is 0 Å². The van der Waals surface area contributed by atoms with E-state index in [0.29, 0.717) is 31.9 Å². The summed E-state index contributed by atoms with van der Waals surface area (Å²) in [5.74, 6) is -0.00216. The fourth-order valence-corrected chi connectivity index (χ4v) is 3.22. The van der Waals surface area contributed by atoms with Gasteiger partial charge in [0.2, 0.25) is 0 Å². The summed E-state index contributed by atoms with van der Waals surface area (Å²) >= 11 is 0. The highest BCUT2D eigenvalue weighted by atomic mass is 19.4. The van der Waals surface area contributed by atoms with Gasteiger partial charge in [0.1, 0.15) is 0 Å². The first-order valence-corrected chi connectivity index (χ1v) is 9.34. The van der Waals surface area contributed by atoms with Crippen molar-refractivity contribution in [2.75, 3.05) is 44.8 Å². The number of halogens is 3. The van der Waals surface area contributed by atoms with Gasteiger partial charge in [-0.1, -0.05) is 6.07 Å². The molecule has 3 rings (SSSR count). The van der Waals surface area contributed by atoms with E-state index in [1.54, 1.807) is 11.0 Å². The zero-order valence-electron chi connectivity index (χ0n) is 16.6. The fraction of sp³-hybridized carbons (Fsp3) is 0.350. The Bertz CT molecular complexity index is 959. The standard InChI is InChI=1S/C20H20F3N3O5/c1-30-17-6-5-16(26(28)29)12-18(17)31-13-19(27)25-9-7-24(8-10-25)15-4-2-3-14(11-15)20(21,22)23/h2-6,11-12H,7-10,13H2,1H3. The van der Waals surface area contributed by atoms with Crippen molar-refractivity contribution in [1.82, 2.24) is 4.90 Å². The molecule has 0 atom stereocenters. The van der Waals surface area contributed by atoms with Gasteiger partial charge in [-0.25, -0.2) is 0 Å². The predicted molar refractivity (Wildman–Crippen MR) is 105 cm³/mol. The van der Waals surface area contributed by atoms with Crippen LogP contribution in [0.3, 0.4) is 0 Å². The molecule has 0 N–H and O–H groups in total. The Morgan fingerprint density at radius 3 is 2.42 bits per heavy atom. The maximum atomic E-state index is 12.9. The van der Waals surface area contributed by atoms with Crippen LogP contribution in [0.15, 0.2) is 42.5 Å². The topological polar surface area (TPSA) is 85.2 Å². The average molecular weight is 439 g/mol. The van der Waals surface area contributed by atoms with Gasteiger partial charge in [0.25, 0.3) is 11.6 Å². The van der Waals surface area contributed by atoms with E-state index >= 15 is 0 Å². The molecule has 1 amide bonds. The van der Waals surface area contributed by atoms with Crippen LogP contribution in [0.2, 0.25) is 0 Å². The maximum absolute atomic E-state index is 12.9. The molecular weight excluding hydrogens is 419 g/mol. The van der Waals surface area contributed by atoms with Crippen molar-refractivity contribution < 1.29 is 32.4 Å². The number of benzene rings is 2. The quantitative estimate of drug-likeness (QED) is 0.507. The molecule has 31 heavy (non-hydrogen) atoms. The van der Waals surface area contributed by atoms with Gasteiger partial charge in [0, 0.05) is 37.9 Å². The lowest BCUT2D eigenvalue weighted by Gasteiger charge is -2.36. The molecule has 2 aromatic rings. The van der Waals surface area contributed by atoms with Crippen molar-refractivity contribution >= 4 is 17.3 Å². The third-order valence-electron chi connectivity index (χ3n) is 4.88. The van der Waals surface area contributed by atoms with Gasteiger partial charge in [-0.2, -0.15) is 13.2 Å². The number of nitrogens with zero attached hydrogens (tertiary/aromatic N) is 3. The van der Waals surface area contributed by atoms with Crippen LogP contribution in [0.5, 0.6) is 11.5 Å². The van der Waals surface area contributed by atoms with Crippen LogP contribution < -0.4 is 14.4 Å². The monoisotopic (exact) mass is 439 g/mol. The second-order valence-electron chi connectivity index (χ2n) is 6.80. The number of nitro benzene ring substituents is 1. The minimum atomic E-state index is -4.42. The number of amides is 1. The van der Waals surface area contributed by atoms with Gasteiger partial charge in [0.05, 0.1) is 23.7 Å². The summed E-state index contributed by atoms with van der Waals surface area (Å²) in [6.07, 6.45) is -4.42. The normalized spacial score (nSPS) is 14.3. The minimum absolute atomic E-state index is 0.0765. The van der Waals surface area contributed by atoms with Gasteiger partial charge < -0.3 is 19.3 Å². The molecular formula is C20H20F3N3O5. The second kappa shape index (κ2) is 9.11. The number of methoxy groups -OCH3 is 1. The fourth-order valence-electron chi connectivity index (χ4n) is 3.22. The smallest absolute Gasteiger partial charge is 0.416 e. The molecule has 1 heterocycles. The molecule has 1 saturated heterocycles. The lowest BCUT2D eigenvalue weighted by atomic mass is 10.1. The largest absolute Gasteiger partial charge is 0.493 e. The van der Waals surface area contributed by atoms with E-state index in [2.05, 4.69) is 0 Å². The number of hydrogen-bond acceptors (Lipinski definition) is 6. The SMILES string of the molecule is COc1ccc([N+](=O)[O-])cc1OCC(=O)N1CCN(c2cccc(C(F)(F)F)c2)CC1. The number of ether oxygens (including phenoxy) is 2. The number of non-ortho nitro benzene ring substituents is 1. The van der Waals surface area contributed by atoms with Crippen molar-refractivity contribution in [2.24, 2.45) is 0 Å². The second-order valence-corrected chi connectivity index (χ2v) is 6.80. The van der Waals surface area contributed by atoms with Gasteiger partial charge >= 0.3 is 6.18 Å². The van der Waals surface area contributed by atoms with Crippen LogP contribution in [0.1, 0.15) is 5.56 Å². The number of rotatable bonds is 6. The van der Waals surface area contributed by atoms with Crippen LogP contribution in [0.4, 0.5) is 24.5 Å². The van der Waals surface area contributed by atoms with Crippen molar-refractivity contribution in [3.8, 4) is 11.5 Å². The lowest BCUT2D eigenvalue weighted by molar-refractivity contribution is -0.385. The highest BCUT2D eigenvalue weighted by Crippen LogP contribution is 2.32. The number of hydrogen-bond donors (Lipinski definition) is 0. The van der Waals surface area contributed by atoms with Gasteiger partial charge in [-0.3, -0.25) is 14.9 Å². The molecule has 1 aliphatic rings. The number of carbonyl (C=O) groups is 1. The summed E-state index contributed by atoms with van der Waals surface area (Å²) in [7, 11) is 1.38. The molecule has 166 valence electrons. The zero-order valence-corrected chi connectivity index (χ0v) is 16.6. The van der Waals surface area contributed by atoms with E-state index in [9.17, 15) is 28.1 Å². The number of carbonyl (C=O) groups excluding carboxylic acids is 1. The molecule has 2 aromatic carbocycles. The summed E-state index contributed by atoms with van der Waals surface area (Å²) in [6, 6.07) is 8.89. The number of anilines is 1. The summed E-state index contributed by atoms with van der Waals surface area (Å²) in [5.41, 5.74) is -0.472. The Morgan fingerprint density at radius 2 is 1.81 bits per heavy atom. The van der Waals surface area contributed by atoms with Crippen molar-refractivity contribution in [3.63, 3.8) is 0 Å². The van der Waals surface area contributed by atoms with Crippen LogP contribution in [-0.2, 0) is 11.0 Å². The van der Waals surface area contributed by atoms with Gasteiger partial charge in [-0.05, 0) is 24.3 Å². The van der Waals surface area contributed by atoms with E-state index in [-0.39, 0.29) is 29.7 Å². The first-order chi connectivity index (χ1) is 14.7. The molecule has 1 fully saturated rings. The summed E-state index contributed by atoms with van der Waals surface area (Å²) in [6.45, 7) is 1.01. The number of nitro groups is 1. The molecule has 0 bridgehead atoms. The molecule has 0 aliphatic carbocycles. The van der Waals surface area contributed by atoms with Crippen molar-refractivity contribution in [2.45, 2.75) is 6.18 Å². The Morgan fingerprint density at radius 1 is 1.10 bits per heavy atom. The Kier molecular flexibility index (Phi) is 6.52. The average Bonchev–Trinajstić information content (AvgIpc) is 2.76.